The Hall–Kier alpha value is -1.60. The van der Waals surface area contributed by atoms with Gasteiger partial charge in [-0.2, -0.15) is 5.26 Å². The van der Waals surface area contributed by atoms with Crippen molar-refractivity contribution in [1.82, 2.24) is 10.3 Å². The molecule has 0 unspecified atom stereocenters. The minimum atomic E-state index is 0.0750. The summed E-state index contributed by atoms with van der Waals surface area (Å²) in [7, 11) is 0. The summed E-state index contributed by atoms with van der Waals surface area (Å²) in [5, 5.41) is 13.0. The number of nitrogens with zero attached hydrogens (tertiary/aromatic N) is 3. The average Bonchev–Trinajstić information content (AvgIpc) is 2.40. The van der Waals surface area contributed by atoms with Gasteiger partial charge >= 0.3 is 0 Å². The second-order valence-electron chi connectivity index (χ2n) is 6.18. The molecule has 20 heavy (non-hydrogen) atoms. The van der Waals surface area contributed by atoms with Crippen molar-refractivity contribution in [3.8, 4) is 6.07 Å². The van der Waals surface area contributed by atoms with Crippen LogP contribution in [0.5, 0.6) is 0 Å². The maximum Gasteiger partial charge on any atom is 0.103 e. The van der Waals surface area contributed by atoms with Crippen LogP contribution in [0, 0.1) is 18.3 Å². The molecule has 1 saturated heterocycles. The number of rotatable bonds is 3. The Labute approximate surface area is 121 Å². The summed E-state index contributed by atoms with van der Waals surface area (Å²) in [6.45, 7) is 11.4. The van der Waals surface area contributed by atoms with Gasteiger partial charge in [-0.25, -0.2) is 0 Å². The van der Waals surface area contributed by atoms with E-state index in [4.69, 9.17) is 0 Å². The summed E-state index contributed by atoms with van der Waals surface area (Å²) in [5.41, 5.74) is 4.18. The summed E-state index contributed by atoms with van der Waals surface area (Å²) in [5.74, 6) is 0. The number of hydrogen-bond donors (Lipinski definition) is 1. The lowest BCUT2D eigenvalue weighted by molar-refractivity contribution is 0.352. The molecule has 1 aromatic heterocycles. The van der Waals surface area contributed by atoms with Gasteiger partial charge in [-0.1, -0.05) is 13.3 Å². The van der Waals surface area contributed by atoms with E-state index in [0.29, 0.717) is 5.56 Å². The molecule has 1 aliphatic rings. The molecule has 2 rings (SSSR count). The van der Waals surface area contributed by atoms with Crippen molar-refractivity contribution in [3.05, 3.63) is 23.0 Å². The number of aromatic nitrogens is 1. The van der Waals surface area contributed by atoms with Crippen LogP contribution >= 0.6 is 0 Å². The molecular weight excluding hydrogens is 248 g/mol. The van der Waals surface area contributed by atoms with Crippen LogP contribution in [0.4, 0.5) is 5.69 Å². The molecule has 1 aromatic rings. The highest BCUT2D eigenvalue weighted by Crippen LogP contribution is 2.30. The van der Waals surface area contributed by atoms with Crippen molar-refractivity contribution < 1.29 is 0 Å². The summed E-state index contributed by atoms with van der Waals surface area (Å²) in [6, 6.07) is 2.32. The molecule has 0 bridgehead atoms. The monoisotopic (exact) mass is 272 g/mol. The molecular formula is C16H24N4. The molecule has 0 radical (unpaired) electrons. The standard InChI is InChI=1S/C16H24N4/c1-5-6-14-12(2)18-10-13(9-17)15(14)20-8-7-19-16(3,4)11-20/h10,19H,5-8,11H2,1-4H3. The fourth-order valence-electron chi connectivity index (χ4n) is 2.96. The van der Waals surface area contributed by atoms with E-state index in [-0.39, 0.29) is 5.54 Å². The Morgan fingerprint density at radius 1 is 1.50 bits per heavy atom. The minimum absolute atomic E-state index is 0.0750. The number of anilines is 1. The summed E-state index contributed by atoms with van der Waals surface area (Å²) in [6.07, 6.45) is 3.77. The normalized spacial score (nSPS) is 17.9. The van der Waals surface area contributed by atoms with E-state index in [1.54, 1.807) is 6.20 Å². The van der Waals surface area contributed by atoms with Crippen molar-refractivity contribution in [2.75, 3.05) is 24.5 Å². The average molecular weight is 272 g/mol. The number of hydrogen-bond acceptors (Lipinski definition) is 4. The number of aryl methyl sites for hydroxylation is 1. The van der Waals surface area contributed by atoms with Crippen molar-refractivity contribution in [2.45, 2.75) is 46.1 Å². The van der Waals surface area contributed by atoms with E-state index in [9.17, 15) is 5.26 Å². The van der Waals surface area contributed by atoms with Gasteiger partial charge in [0, 0.05) is 37.1 Å². The van der Waals surface area contributed by atoms with Gasteiger partial charge in [-0.05, 0) is 32.8 Å². The molecule has 1 aliphatic heterocycles. The fraction of sp³-hybridized carbons (Fsp3) is 0.625. The van der Waals surface area contributed by atoms with Crippen molar-refractivity contribution >= 4 is 5.69 Å². The Kier molecular flexibility index (Phi) is 4.29. The molecule has 0 amide bonds. The van der Waals surface area contributed by atoms with Crippen LogP contribution in [-0.2, 0) is 6.42 Å². The molecule has 0 aliphatic carbocycles. The van der Waals surface area contributed by atoms with Gasteiger partial charge in [0.25, 0.3) is 0 Å². The van der Waals surface area contributed by atoms with Gasteiger partial charge in [0.2, 0.25) is 0 Å². The fourth-order valence-corrected chi connectivity index (χ4v) is 2.96. The topological polar surface area (TPSA) is 52.0 Å². The van der Waals surface area contributed by atoms with Gasteiger partial charge in [-0.3, -0.25) is 4.98 Å². The second kappa shape index (κ2) is 5.80. The molecule has 108 valence electrons. The Morgan fingerprint density at radius 3 is 2.85 bits per heavy atom. The Morgan fingerprint density at radius 2 is 2.25 bits per heavy atom. The third-order valence-corrected chi connectivity index (χ3v) is 3.87. The largest absolute Gasteiger partial charge is 0.367 e. The minimum Gasteiger partial charge on any atom is -0.367 e. The molecule has 1 N–H and O–H groups in total. The zero-order valence-electron chi connectivity index (χ0n) is 13.0. The number of piperazine rings is 1. The molecule has 4 heteroatoms. The zero-order chi connectivity index (χ0) is 14.8. The maximum atomic E-state index is 9.43. The van der Waals surface area contributed by atoms with Gasteiger partial charge in [0.05, 0.1) is 11.3 Å². The second-order valence-corrected chi connectivity index (χ2v) is 6.18. The third kappa shape index (κ3) is 2.94. The first-order valence-electron chi connectivity index (χ1n) is 7.37. The van der Waals surface area contributed by atoms with Crippen LogP contribution in [0.25, 0.3) is 0 Å². The maximum absolute atomic E-state index is 9.43. The number of nitriles is 1. The predicted octanol–water partition coefficient (Wildman–Crippen LogP) is 2.40. The molecule has 2 heterocycles. The van der Waals surface area contributed by atoms with Gasteiger partial charge in [0.1, 0.15) is 6.07 Å². The van der Waals surface area contributed by atoms with Gasteiger partial charge < -0.3 is 10.2 Å². The quantitative estimate of drug-likeness (QED) is 0.918. The molecule has 4 nitrogen and oxygen atoms in total. The van der Waals surface area contributed by atoms with E-state index < -0.39 is 0 Å². The van der Waals surface area contributed by atoms with Crippen molar-refractivity contribution in [1.29, 1.82) is 5.26 Å². The molecule has 0 spiro atoms. The molecule has 0 saturated carbocycles. The summed E-state index contributed by atoms with van der Waals surface area (Å²) in [4.78, 5) is 6.75. The highest BCUT2D eigenvalue weighted by atomic mass is 15.2. The smallest absolute Gasteiger partial charge is 0.103 e. The zero-order valence-corrected chi connectivity index (χ0v) is 13.0. The van der Waals surface area contributed by atoms with Crippen LogP contribution < -0.4 is 10.2 Å². The van der Waals surface area contributed by atoms with E-state index in [2.05, 4.69) is 42.0 Å². The molecule has 0 aromatic carbocycles. The van der Waals surface area contributed by atoms with E-state index >= 15 is 0 Å². The Bertz CT molecular complexity index is 528. The van der Waals surface area contributed by atoms with Crippen LogP contribution in [0.1, 0.15) is 44.0 Å². The van der Waals surface area contributed by atoms with Crippen LogP contribution in [0.3, 0.4) is 0 Å². The molecule has 0 atom stereocenters. The molecule has 1 fully saturated rings. The first-order chi connectivity index (χ1) is 9.48. The van der Waals surface area contributed by atoms with Crippen molar-refractivity contribution in [2.24, 2.45) is 0 Å². The van der Waals surface area contributed by atoms with Gasteiger partial charge in [0.15, 0.2) is 0 Å². The summed E-state index contributed by atoms with van der Waals surface area (Å²) < 4.78 is 0. The first kappa shape index (κ1) is 14.8. The lowest BCUT2D eigenvalue weighted by atomic mass is 9.97. The lowest BCUT2D eigenvalue weighted by Crippen LogP contribution is -2.57. The first-order valence-corrected chi connectivity index (χ1v) is 7.37. The van der Waals surface area contributed by atoms with Gasteiger partial charge in [-0.15, -0.1) is 0 Å². The van der Waals surface area contributed by atoms with E-state index in [1.807, 2.05) is 6.92 Å². The van der Waals surface area contributed by atoms with E-state index in [0.717, 1.165) is 43.9 Å². The highest BCUT2D eigenvalue weighted by molar-refractivity contribution is 5.65. The van der Waals surface area contributed by atoms with Crippen LogP contribution in [-0.4, -0.2) is 30.2 Å². The highest BCUT2D eigenvalue weighted by Gasteiger charge is 2.28. The van der Waals surface area contributed by atoms with E-state index in [1.165, 1.54) is 5.56 Å². The van der Waals surface area contributed by atoms with Crippen molar-refractivity contribution in [3.63, 3.8) is 0 Å². The predicted molar refractivity (Wildman–Crippen MR) is 82.0 cm³/mol. The summed E-state index contributed by atoms with van der Waals surface area (Å²) >= 11 is 0. The Balaban J connectivity index is 2.48. The van der Waals surface area contributed by atoms with Crippen LogP contribution in [0.15, 0.2) is 6.20 Å². The third-order valence-electron chi connectivity index (χ3n) is 3.87. The lowest BCUT2D eigenvalue weighted by Gasteiger charge is -2.41. The number of pyridine rings is 1. The number of nitrogens with one attached hydrogen (secondary N) is 1. The SMILES string of the molecule is CCCc1c(C)ncc(C#N)c1N1CCNC(C)(C)C1. The van der Waals surface area contributed by atoms with Crippen LogP contribution in [0.2, 0.25) is 0 Å².